The van der Waals surface area contributed by atoms with Gasteiger partial charge >= 0.3 is 0 Å². The molecule has 0 aliphatic rings. The van der Waals surface area contributed by atoms with E-state index >= 15 is 0 Å². The van der Waals surface area contributed by atoms with Gasteiger partial charge in [-0.1, -0.05) is 0 Å². The third-order valence-electron chi connectivity index (χ3n) is 3.24. The maximum Gasteiger partial charge on any atom is 0.260 e. The number of likely N-dealkylation sites (N-methyl/N-ethyl adjacent to an activating group) is 1. The van der Waals surface area contributed by atoms with E-state index in [9.17, 15) is 9.59 Å². The molecule has 0 radical (unpaired) electrons. The lowest BCUT2D eigenvalue weighted by Crippen LogP contribution is -2.30. The molecule has 0 aliphatic carbocycles. The lowest BCUT2D eigenvalue weighted by atomic mass is 10.1. The number of ether oxygens (including phenoxy) is 1. The largest absolute Gasteiger partial charge is 0.484 e. The second-order valence-corrected chi connectivity index (χ2v) is 5.13. The van der Waals surface area contributed by atoms with E-state index in [1.807, 2.05) is 19.1 Å². The first-order valence-corrected chi connectivity index (χ1v) is 6.99. The highest BCUT2D eigenvalue weighted by Crippen LogP contribution is 2.13. The van der Waals surface area contributed by atoms with Crippen molar-refractivity contribution in [1.82, 2.24) is 4.90 Å². The standard InChI is InChI=1S/C17H19NO4/c1-12-4-7-16(22-12)10-18(3)17(20)11-21-15-8-5-14(6-9-15)13(2)19/h4-9H,10-11H2,1-3H3. The zero-order valence-corrected chi connectivity index (χ0v) is 13.0. The van der Waals surface area contributed by atoms with Crippen LogP contribution in [0, 0.1) is 6.92 Å². The summed E-state index contributed by atoms with van der Waals surface area (Å²) in [7, 11) is 1.70. The average molecular weight is 301 g/mol. The lowest BCUT2D eigenvalue weighted by Gasteiger charge is -2.16. The molecule has 5 heteroatoms. The van der Waals surface area contributed by atoms with Gasteiger partial charge in [-0.25, -0.2) is 0 Å². The molecular formula is C17H19NO4. The SMILES string of the molecule is CC(=O)c1ccc(OCC(=O)N(C)Cc2ccc(C)o2)cc1. The zero-order valence-electron chi connectivity index (χ0n) is 13.0. The maximum absolute atomic E-state index is 12.0. The topological polar surface area (TPSA) is 59.8 Å². The van der Waals surface area contributed by atoms with Gasteiger partial charge in [0.15, 0.2) is 12.4 Å². The number of Topliss-reactive ketones (excluding diaryl/α,β-unsaturated/α-hetero) is 1. The van der Waals surface area contributed by atoms with Crippen molar-refractivity contribution in [2.75, 3.05) is 13.7 Å². The molecule has 116 valence electrons. The van der Waals surface area contributed by atoms with Crippen molar-refractivity contribution in [2.45, 2.75) is 20.4 Å². The summed E-state index contributed by atoms with van der Waals surface area (Å²) in [5.74, 6) is 1.96. The van der Waals surface area contributed by atoms with Crippen LogP contribution in [0.4, 0.5) is 0 Å². The molecule has 0 unspecified atom stereocenters. The van der Waals surface area contributed by atoms with E-state index < -0.39 is 0 Å². The molecule has 0 aliphatic heterocycles. The molecule has 22 heavy (non-hydrogen) atoms. The Morgan fingerprint density at radius 2 is 1.82 bits per heavy atom. The Kier molecular flexibility index (Phi) is 4.99. The van der Waals surface area contributed by atoms with Crippen LogP contribution in [0.2, 0.25) is 0 Å². The predicted octanol–water partition coefficient (Wildman–Crippen LogP) is 2.83. The van der Waals surface area contributed by atoms with Crippen molar-refractivity contribution in [3.8, 4) is 5.75 Å². The van der Waals surface area contributed by atoms with Gasteiger partial charge in [-0.15, -0.1) is 0 Å². The normalized spacial score (nSPS) is 10.3. The van der Waals surface area contributed by atoms with Crippen LogP contribution in [0.15, 0.2) is 40.8 Å². The van der Waals surface area contributed by atoms with Gasteiger partial charge in [0.05, 0.1) is 6.54 Å². The molecule has 0 atom stereocenters. The van der Waals surface area contributed by atoms with E-state index in [0.717, 1.165) is 11.5 Å². The molecule has 1 aromatic heterocycles. The Hall–Kier alpha value is -2.56. The summed E-state index contributed by atoms with van der Waals surface area (Å²) < 4.78 is 10.9. The number of carbonyl (C=O) groups is 2. The van der Waals surface area contributed by atoms with Gasteiger partial charge in [0.1, 0.15) is 17.3 Å². The summed E-state index contributed by atoms with van der Waals surface area (Å²) in [6.07, 6.45) is 0. The molecule has 0 spiro atoms. The van der Waals surface area contributed by atoms with E-state index in [1.54, 1.807) is 36.2 Å². The van der Waals surface area contributed by atoms with Crippen molar-refractivity contribution < 1.29 is 18.7 Å². The van der Waals surface area contributed by atoms with Gasteiger partial charge < -0.3 is 14.1 Å². The van der Waals surface area contributed by atoms with Gasteiger partial charge in [-0.2, -0.15) is 0 Å². The summed E-state index contributed by atoms with van der Waals surface area (Å²) in [5, 5.41) is 0. The Morgan fingerprint density at radius 1 is 1.14 bits per heavy atom. The smallest absolute Gasteiger partial charge is 0.260 e. The minimum atomic E-state index is -0.148. The van der Waals surface area contributed by atoms with E-state index in [1.165, 1.54) is 6.92 Å². The number of hydrogen-bond donors (Lipinski definition) is 0. The monoisotopic (exact) mass is 301 g/mol. The fraction of sp³-hybridized carbons (Fsp3) is 0.294. The summed E-state index contributed by atoms with van der Waals surface area (Å²) in [6.45, 7) is 3.71. The van der Waals surface area contributed by atoms with E-state index in [0.29, 0.717) is 17.9 Å². The van der Waals surface area contributed by atoms with Gasteiger partial charge in [-0.05, 0) is 50.2 Å². The van der Waals surface area contributed by atoms with Gasteiger partial charge in [0.2, 0.25) is 0 Å². The van der Waals surface area contributed by atoms with Crippen molar-refractivity contribution in [1.29, 1.82) is 0 Å². The highest BCUT2D eigenvalue weighted by Gasteiger charge is 2.12. The molecule has 2 aromatic rings. The molecule has 0 saturated heterocycles. The van der Waals surface area contributed by atoms with Crippen LogP contribution in [-0.4, -0.2) is 30.2 Å². The van der Waals surface area contributed by atoms with Crippen LogP contribution in [-0.2, 0) is 11.3 Å². The molecule has 1 heterocycles. The summed E-state index contributed by atoms with van der Waals surface area (Å²) >= 11 is 0. The number of aryl methyl sites for hydroxylation is 1. The molecule has 1 aromatic carbocycles. The Morgan fingerprint density at radius 3 is 2.36 bits per heavy atom. The molecule has 0 fully saturated rings. The number of hydrogen-bond acceptors (Lipinski definition) is 4. The molecule has 2 rings (SSSR count). The van der Waals surface area contributed by atoms with Crippen LogP contribution in [0.25, 0.3) is 0 Å². The van der Waals surface area contributed by atoms with Crippen LogP contribution >= 0.6 is 0 Å². The Labute approximate surface area is 129 Å². The van der Waals surface area contributed by atoms with Crippen LogP contribution in [0.1, 0.15) is 28.8 Å². The molecule has 0 saturated carbocycles. The number of furan rings is 1. The second kappa shape index (κ2) is 6.93. The van der Waals surface area contributed by atoms with Crippen molar-refractivity contribution in [3.05, 3.63) is 53.5 Å². The molecule has 5 nitrogen and oxygen atoms in total. The highest BCUT2D eigenvalue weighted by molar-refractivity contribution is 5.94. The summed E-state index contributed by atoms with van der Waals surface area (Å²) in [6, 6.07) is 10.4. The second-order valence-electron chi connectivity index (χ2n) is 5.13. The summed E-state index contributed by atoms with van der Waals surface area (Å²) in [4.78, 5) is 24.7. The first kappa shape index (κ1) is 15.8. The zero-order chi connectivity index (χ0) is 16.1. The predicted molar refractivity (Wildman–Crippen MR) is 81.9 cm³/mol. The lowest BCUT2D eigenvalue weighted by molar-refractivity contribution is -0.132. The Balaban J connectivity index is 1.85. The fourth-order valence-electron chi connectivity index (χ4n) is 1.93. The first-order chi connectivity index (χ1) is 10.5. The summed E-state index contributed by atoms with van der Waals surface area (Å²) in [5.41, 5.74) is 0.615. The van der Waals surface area contributed by atoms with Gasteiger partial charge in [0.25, 0.3) is 5.91 Å². The number of rotatable bonds is 6. The Bertz CT molecular complexity index is 658. The van der Waals surface area contributed by atoms with E-state index in [4.69, 9.17) is 9.15 Å². The number of nitrogens with zero attached hydrogens (tertiary/aromatic N) is 1. The third-order valence-corrected chi connectivity index (χ3v) is 3.24. The third kappa shape index (κ3) is 4.22. The van der Waals surface area contributed by atoms with Crippen molar-refractivity contribution in [3.63, 3.8) is 0 Å². The number of carbonyl (C=O) groups excluding carboxylic acids is 2. The van der Waals surface area contributed by atoms with E-state index in [2.05, 4.69) is 0 Å². The quantitative estimate of drug-likeness (QED) is 0.770. The minimum Gasteiger partial charge on any atom is -0.484 e. The van der Waals surface area contributed by atoms with Crippen molar-refractivity contribution in [2.24, 2.45) is 0 Å². The number of benzene rings is 1. The van der Waals surface area contributed by atoms with Crippen molar-refractivity contribution >= 4 is 11.7 Å². The number of ketones is 1. The highest BCUT2D eigenvalue weighted by atomic mass is 16.5. The van der Waals surface area contributed by atoms with Gasteiger partial charge in [-0.3, -0.25) is 9.59 Å². The van der Waals surface area contributed by atoms with E-state index in [-0.39, 0.29) is 18.3 Å². The first-order valence-electron chi connectivity index (χ1n) is 6.99. The molecule has 0 N–H and O–H groups in total. The molecule has 1 amide bonds. The fourth-order valence-corrected chi connectivity index (χ4v) is 1.93. The van der Waals surface area contributed by atoms with Crippen LogP contribution in [0.5, 0.6) is 5.75 Å². The number of amides is 1. The van der Waals surface area contributed by atoms with Gasteiger partial charge in [0, 0.05) is 12.6 Å². The average Bonchev–Trinajstić information content (AvgIpc) is 2.90. The molecule has 0 bridgehead atoms. The minimum absolute atomic E-state index is 0.00361. The molecular weight excluding hydrogens is 282 g/mol. The van der Waals surface area contributed by atoms with Crippen LogP contribution < -0.4 is 4.74 Å². The van der Waals surface area contributed by atoms with Crippen LogP contribution in [0.3, 0.4) is 0 Å². The maximum atomic E-state index is 12.0.